The van der Waals surface area contributed by atoms with Gasteiger partial charge in [0.25, 0.3) is 0 Å². The lowest BCUT2D eigenvalue weighted by molar-refractivity contribution is -0.144. The van der Waals surface area contributed by atoms with Crippen molar-refractivity contribution in [3.63, 3.8) is 0 Å². The molecular formula is C14H17NO5S. The zero-order chi connectivity index (χ0) is 15.6. The number of carbonyl (C=O) groups is 2. The molecule has 1 aromatic rings. The summed E-state index contributed by atoms with van der Waals surface area (Å²) >= 11 is 0. The second-order valence-electron chi connectivity index (χ2n) is 4.88. The third kappa shape index (κ3) is 2.98. The molecule has 114 valence electrons. The smallest absolute Gasteiger partial charge is 0.324 e. The fourth-order valence-corrected chi connectivity index (χ4v) is 4.04. The summed E-state index contributed by atoms with van der Waals surface area (Å²) in [4.78, 5) is 23.0. The Hall–Kier alpha value is -1.73. The molecule has 0 bridgehead atoms. The number of esters is 1. The van der Waals surface area contributed by atoms with E-state index >= 15 is 0 Å². The van der Waals surface area contributed by atoms with E-state index in [0.29, 0.717) is 18.4 Å². The number of benzene rings is 1. The van der Waals surface area contributed by atoms with Crippen molar-refractivity contribution < 1.29 is 22.7 Å². The van der Waals surface area contributed by atoms with Gasteiger partial charge in [-0.3, -0.25) is 9.59 Å². The Balaban J connectivity index is 2.32. The van der Waals surface area contributed by atoms with Crippen LogP contribution in [-0.4, -0.2) is 44.2 Å². The van der Waals surface area contributed by atoms with Crippen LogP contribution in [0.5, 0.6) is 0 Å². The fourth-order valence-electron chi connectivity index (χ4n) is 2.40. The van der Waals surface area contributed by atoms with E-state index in [1.807, 2.05) is 0 Å². The normalized spacial score (nSPS) is 19.4. The summed E-state index contributed by atoms with van der Waals surface area (Å²) in [6.45, 7) is 1.70. The number of hydrogen-bond donors (Lipinski definition) is 0. The van der Waals surface area contributed by atoms with Gasteiger partial charge in [-0.1, -0.05) is 12.1 Å². The van der Waals surface area contributed by atoms with E-state index in [1.165, 1.54) is 42.6 Å². The van der Waals surface area contributed by atoms with Crippen molar-refractivity contribution in [3.8, 4) is 0 Å². The zero-order valence-electron chi connectivity index (χ0n) is 11.9. The minimum atomic E-state index is -3.76. The third-order valence-electron chi connectivity index (χ3n) is 3.54. The van der Waals surface area contributed by atoms with E-state index in [-0.39, 0.29) is 17.2 Å². The first-order valence-corrected chi connectivity index (χ1v) is 8.02. The number of hydrogen-bond acceptors (Lipinski definition) is 5. The lowest BCUT2D eigenvalue weighted by Crippen LogP contribution is -2.41. The van der Waals surface area contributed by atoms with Crippen LogP contribution >= 0.6 is 0 Å². The second-order valence-corrected chi connectivity index (χ2v) is 6.77. The molecular weight excluding hydrogens is 294 g/mol. The molecule has 0 aromatic heterocycles. The minimum Gasteiger partial charge on any atom is -0.468 e. The summed E-state index contributed by atoms with van der Waals surface area (Å²) in [5.41, 5.74) is 0.444. The number of methoxy groups -OCH3 is 1. The number of nitrogens with zero attached hydrogens (tertiary/aromatic N) is 1. The SMILES string of the molecule is COC(=O)C1CCCN1S(=O)(=O)c1ccc(C(C)=O)cc1. The molecule has 1 aromatic carbocycles. The van der Waals surface area contributed by atoms with Crippen LogP contribution in [0.4, 0.5) is 0 Å². The van der Waals surface area contributed by atoms with Crippen LogP contribution in [0.15, 0.2) is 29.2 Å². The van der Waals surface area contributed by atoms with Crippen molar-refractivity contribution in [1.29, 1.82) is 0 Å². The van der Waals surface area contributed by atoms with E-state index in [4.69, 9.17) is 0 Å². The van der Waals surface area contributed by atoms with E-state index < -0.39 is 22.0 Å². The number of ether oxygens (including phenoxy) is 1. The van der Waals surface area contributed by atoms with Gasteiger partial charge in [-0.15, -0.1) is 0 Å². The first kappa shape index (κ1) is 15.7. The predicted molar refractivity (Wildman–Crippen MR) is 75.4 cm³/mol. The highest BCUT2D eigenvalue weighted by molar-refractivity contribution is 7.89. The van der Waals surface area contributed by atoms with Crippen molar-refractivity contribution in [3.05, 3.63) is 29.8 Å². The highest BCUT2D eigenvalue weighted by Gasteiger charge is 2.40. The van der Waals surface area contributed by atoms with Crippen LogP contribution in [0.2, 0.25) is 0 Å². The van der Waals surface area contributed by atoms with Crippen LogP contribution in [0, 0.1) is 0 Å². The average Bonchev–Trinajstić information content (AvgIpc) is 2.96. The fraction of sp³-hybridized carbons (Fsp3) is 0.429. The Bertz CT molecular complexity index is 650. The van der Waals surface area contributed by atoms with E-state index in [9.17, 15) is 18.0 Å². The quantitative estimate of drug-likeness (QED) is 0.617. The van der Waals surface area contributed by atoms with Gasteiger partial charge in [0.15, 0.2) is 5.78 Å². The largest absolute Gasteiger partial charge is 0.468 e. The summed E-state index contributed by atoms with van der Waals surface area (Å²) in [6.07, 6.45) is 1.07. The number of Topliss-reactive ketones (excluding diaryl/α,β-unsaturated/α-hetero) is 1. The van der Waals surface area contributed by atoms with E-state index in [2.05, 4.69) is 4.74 Å². The molecule has 0 N–H and O–H groups in total. The van der Waals surface area contributed by atoms with Gasteiger partial charge in [0.05, 0.1) is 12.0 Å². The Kier molecular flexibility index (Phi) is 4.43. The van der Waals surface area contributed by atoms with Gasteiger partial charge in [0.1, 0.15) is 6.04 Å². The molecule has 0 saturated carbocycles. The average molecular weight is 311 g/mol. The van der Waals surface area contributed by atoms with Crippen LogP contribution in [0.1, 0.15) is 30.1 Å². The van der Waals surface area contributed by atoms with Gasteiger partial charge < -0.3 is 4.74 Å². The Morgan fingerprint density at radius 2 is 1.86 bits per heavy atom. The van der Waals surface area contributed by atoms with Crippen LogP contribution in [0.3, 0.4) is 0 Å². The van der Waals surface area contributed by atoms with Gasteiger partial charge >= 0.3 is 5.97 Å². The summed E-state index contributed by atoms with van der Waals surface area (Å²) < 4.78 is 31.0. The molecule has 1 fully saturated rings. The van der Waals surface area contributed by atoms with Crippen molar-refractivity contribution in [2.75, 3.05) is 13.7 Å². The van der Waals surface area contributed by atoms with Gasteiger partial charge in [-0.05, 0) is 31.9 Å². The summed E-state index contributed by atoms with van der Waals surface area (Å²) in [5.74, 6) is -0.677. The van der Waals surface area contributed by atoms with Crippen LogP contribution in [-0.2, 0) is 19.6 Å². The molecule has 0 amide bonds. The van der Waals surface area contributed by atoms with Crippen LogP contribution < -0.4 is 0 Å². The van der Waals surface area contributed by atoms with Crippen molar-refractivity contribution in [2.45, 2.75) is 30.7 Å². The minimum absolute atomic E-state index is 0.0725. The molecule has 6 nitrogen and oxygen atoms in total. The topological polar surface area (TPSA) is 80.8 Å². The first-order chi connectivity index (χ1) is 9.87. The molecule has 0 aliphatic carbocycles. The number of sulfonamides is 1. The second kappa shape index (κ2) is 5.95. The monoisotopic (exact) mass is 311 g/mol. The van der Waals surface area contributed by atoms with E-state index in [0.717, 1.165) is 0 Å². The molecule has 7 heteroatoms. The Morgan fingerprint density at radius 1 is 1.24 bits per heavy atom. The zero-order valence-corrected chi connectivity index (χ0v) is 12.7. The molecule has 1 aliphatic rings. The van der Waals surface area contributed by atoms with Gasteiger partial charge in [-0.25, -0.2) is 8.42 Å². The summed E-state index contributed by atoms with van der Waals surface area (Å²) in [7, 11) is -2.52. The Labute approximate surface area is 123 Å². The summed E-state index contributed by atoms with van der Waals surface area (Å²) in [5, 5.41) is 0. The lowest BCUT2D eigenvalue weighted by atomic mass is 10.2. The molecule has 0 spiro atoms. The van der Waals surface area contributed by atoms with Crippen molar-refractivity contribution in [1.82, 2.24) is 4.31 Å². The van der Waals surface area contributed by atoms with Crippen molar-refractivity contribution in [2.24, 2.45) is 0 Å². The molecule has 21 heavy (non-hydrogen) atoms. The van der Waals surface area contributed by atoms with E-state index in [1.54, 1.807) is 0 Å². The number of ketones is 1. The lowest BCUT2D eigenvalue weighted by Gasteiger charge is -2.22. The first-order valence-electron chi connectivity index (χ1n) is 6.58. The van der Waals surface area contributed by atoms with Gasteiger partial charge in [0, 0.05) is 12.1 Å². The molecule has 2 rings (SSSR count). The summed E-state index contributed by atoms with van der Waals surface area (Å²) in [6, 6.07) is 4.95. The molecule has 1 heterocycles. The highest BCUT2D eigenvalue weighted by atomic mass is 32.2. The molecule has 1 saturated heterocycles. The molecule has 0 radical (unpaired) electrons. The standard InChI is InChI=1S/C14H17NO5S/c1-10(16)11-5-7-12(8-6-11)21(18,19)15-9-3-4-13(15)14(17)20-2/h5-8,13H,3-4,9H2,1-2H3. The molecule has 1 atom stereocenters. The third-order valence-corrected chi connectivity index (χ3v) is 5.47. The maximum absolute atomic E-state index is 12.6. The maximum Gasteiger partial charge on any atom is 0.324 e. The Morgan fingerprint density at radius 3 is 2.38 bits per heavy atom. The van der Waals surface area contributed by atoms with Crippen LogP contribution in [0.25, 0.3) is 0 Å². The highest BCUT2D eigenvalue weighted by Crippen LogP contribution is 2.27. The predicted octanol–water partition coefficient (Wildman–Crippen LogP) is 1.22. The molecule has 1 aliphatic heterocycles. The van der Waals surface area contributed by atoms with Gasteiger partial charge in [0.2, 0.25) is 10.0 Å². The van der Waals surface area contributed by atoms with Crippen molar-refractivity contribution >= 4 is 21.8 Å². The number of carbonyl (C=O) groups excluding carboxylic acids is 2. The maximum atomic E-state index is 12.6. The van der Waals surface area contributed by atoms with Gasteiger partial charge in [-0.2, -0.15) is 4.31 Å². The number of rotatable bonds is 4. The molecule has 1 unspecified atom stereocenters.